The van der Waals surface area contributed by atoms with Crippen molar-refractivity contribution in [3.63, 3.8) is 0 Å². The third kappa shape index (κ3) is 5.87. The number of nitro benzene ring substituents is 1. The van der Waals surface area contributed by atoms with Gasteiger partial charge in [0.1, 0.15) is 0 Å². The number of anilines is 1. The molecule has 30 heavy (non-hydrogen) atoms. The second-order valence-corrected chi connectivity index (χ2v) is 6.85. The zero-order valence-electron chi connectivity index (χ0n) is 16.9. The number of carbonyl (C=O) groups is 3. The smallest absolute Gasteiger partial charge is 0.338 e. The maximum absolute atomic E-state index is 12.7. The Morgan fingerprint density at radius 3 is 2.37 bits per heavy atom. The monoisotopic (exact) mass is 413 g/mol. The van der Waals surface area contributed by atoms with E-state index in [1.54, 1.807) is 31.2 Å². The van der Waals surface area contributed by atoms with E-state index in [2.05, 4.69) is 10.6 Å². The van der Waals surface area contributed by atoms with Crippen molar-refractivity contribution in [1.29, 1.82) is 0 Å². The summed E-state index contributed by atoms with van der Waals surface area (Å²) in [5.74, 6) is -1.58. The van der Waals surface area contributed by atoms with Crippen molar-refractivity contribution in [3.05, 3.63) is 69.3 Å². The lowest BCUT2D eigenvalue weighted by molar-refractivity contribution is -0.384. The van der Waals surface area contributed by atoms with E-state index in [9.17, 15) is 24.5 Å². The molecule has 0 aliphatic carbocycles. The van der Waals surface area contributed by atoms with Crippen LogP contribution in [0.3, 0.4) is 0 Å². The molecular weight excluding hydrogens is 390 g/mol. The number of nitrogens with zero attached hydrogens (tertiary/aromatic N) is 1. The number of esters is 1. The molecule has 0 heterocycles. The molecule has 0 aliphatic rings. The molecule has 9 nitrogen and oxygen atoms in total. The fraction of sp³-hybridized carbons (Fsp3) is 0.286. The molecule has 0 aliphatic heterocycles. The molecular formula is C21H23N3O6. The number of carbonyl (C=O) groups excluding carboxylic acids is 3. The Kier molecular flexibility index (Phi) is 7.62. The van der Waals surface area contributed by atoms with Crippen molar-refractivity contribution < 1.29 is 24.0 Å². The first kappa shape index (κ1) is 22.5. The van der Waals surface area contributed by atoms with E-state index >= 15 is 0 Å². The summed E-state index contributed by atoms with van der Waals surface area (Å²) in [7, 11) is 0. The van der Waals surface area contributed by atoms with Crippen molar-refractivity contribution in [3.8, 4) is 0 Å². The fourth-order valence-electron chi connectivity index (χ4n) is 2.56. The highest BCUT2D eigenvalue weighted by Gasteiger charge is 2.20. The number of para-hydroxylation sites is 1. The number of ether oxygens (including phenoxy) is 1. The van der Waals surface area contributed by atoms with Gasteiger partial charge in [0.25, 0.3) is 17.5 Å². The highest BCUT2D eigenvalue weighted by atomic mass is 16.6. The van der Waals surface area contributed by atoms with Gasteiger partial charge in [0.15, 0.2) is 0 Å². The Morgan fingerprint density at radius 2 is 1.73 bits per heavy atom. The highest BCUT2D eigenvalue weighted by molar-refractivity contribution is 6.10. The van der Waals surface area contributed by atoms with Crippen LogP contribution in [-0.4, -0.2) is 35.9 Å². The van der Waals surface area contributed by atoms with E-state index in [1.807, 2.05) is 13.8 Å². The number of hydrogen-bond acceptors (Lipinski definition) is 6. The lowest BCUT2D eigenvalue weighted by Gasteiger charge is -2.13. The molecule has 0 bridgehead atoms. The van der Waals surface area contributed by atoms with Crippen molar-refractivity contribution in [2.45, 2.75) is 20.8 Å². The lowest BCUT2D eigenvalue weighted by atomic mass is 10.1. The van der Waals surface area contributed by atoms with E-state index in [0.717, 1.165) is 12.1 Å². The minimum atomic E-state index is -0.774. The van der Waals surface area contributed by atoms with Crippen LogP contribution in [0.1, 0.15) is 51.8 Å². The quantitative estimate of drug-likeness (QED) is 0.388. The zero-order valence-corrected chi connectivity index (χ0v) is 16.9. The Hall–Kier alpha value is -3.75. The predicted molar refractivity (Wildman–Crippen MR) is 111 cm³/mol. The lowest BCUT2D eigenvalue weighted by Crippen LogP contribution is -2.28. The van der Waals surface area contributed by atoms with Gasteiger partial charge < -0.3 is 15.4 Å². The second-order valence-electron chi connectivity index (χ2n) is 6.85. The second kappa shape index (κ2) is 10.1. The van der Waals surface area contributed by atoms with Gasteiger partial charge in [-0.3, -0.25) is 19.7 Å². The molecule has 2 aromatic carbocycles. The largest absolute Gasteiger partial charge is 0.462 e. The average Bonchev–Trinajstić information content (AvgIpc) is 2.72. The van der Waals surface area contributed by atoms with E-state index in [4.69, 9.17) is 4.74 Å². The van der Waals surface area contributed by atoms with Gasteiger partial charge in [-0.25, -0.2) is 4.79 Å². The van der Waals surface area contributed by atoms with Crippen molar-refractivity contribution in [2.75, 3.05) is 18.5 Å². The number of rotatable bonds is 8. The third-order valence-electron chi connectivity index (χ3n) is 3.99. The van der Waals surface area contributed by atoms with Gasteiger partial charge in [0.2, 0.25) is 0 Å². The summed E-state index contributed by atoms with van der Waals surface area (Å²) in [6.07, 6.45) is 0. The molecule has 0 saturated heterocycles. The van der Waals surface area contributed by atoms with E-state index in [-0.39, 0.29) is 40.8 Å². The number of nitro groups is 1. The summed E-state index contributed by atoms with van der Waals surface area (Å²) in [5.41, 5.74) is -0.145. The molecule has 0 radical (unpaired) electrons. The Bertz CT molecular complexity index is 971. The van der Waals surface area contributed by atoms with Gasteiger partial charge in [0, 0.05) is 24.2 Å². The van der Waals surface area contributed by atoms with Gasteiger partial charge in [0.05, 0.1) is 28.3 Å². The number of nitrogens with one attached hydrogen (secondary N) is 2. The Labute approximate surface area is 173 Å². The van der Waals surface area contributed by atoms with Crippen LogP contribution in [-0.2, 0) is 4.74 Å². The Morgan fingerprint density at radius 1 is 1.07 bits per heavy atom. The molecule has 0 fully saturated rings. The SMILES string of the molecule is CCOC(=O)c1cc(C(=O)Nc2ccccc2C(=O)NCC(C)C)cc([N+](=O)[O-])c1. The summed E-state index contributed by atoms with van der Waals surface area (Å²) in [4.78, 5) is 47.7. The summed E-state index contributed by atoms with van der Waals surface area (Å²) < 4.78 is 4.87. The summed E-state index contributed by atoms with van der Waals surface area (Å²) in [6.45, 7) is 6.07. The summed E-state index contributed by atoms with van der Waals surface area (Å²) in [5, 5.41) is 16.6. The van der Waals surface area contributed by atoms with Crippen LogP contribution in [0.15, 0.2) is 42.5 Å². The van der Waals surface area contributed by atoms with Crippen LogP contribution < -0.4 is 10.6 Å². The fourth-order valence-corrected chi connectivity index (χ4v) is 2.56. The van der Waals surface area contributed by atoms with Crippen molar-refractivity contribution in [2.24, 2.45) is 5.92 Å². The van der Waals surface area contributed by atoms with Crippen molar-refractivity contribution >= 4 is 29.2 Å². The maximum Gasteiger partial charge on any atom is 0.338 e. The highest BCUT2D eigenvalue weighted by Crippen LogP contribution is 2.21. The molecule has 0 spiro atoms. The molecule has 0 atom stereocenters. The van der Waals surface area contributed by atoms with Crippen LogP contribution in [0.25, 0.3) is 0 Å². The molecule has 2 amide bonds. The predicted octanol–water partition coefficient (Wildman–Crippen LogP) is 3.41. The average molecular weight is 413 g/mol. The Balaban J connectivity index is 2.33. The van der Waals surface area contributed by atoms with Crippen LogP contribution in [0.5, 0.6) is 0 Å². The minimum absolute atomic E-state index is 0.0852. The molecule has 0 unspecified atom stereocenters. The number of amides is 2. The van der Waals surface area contributed by atoms with Crippen LogP contribution in [0.4, 0.5) is 11.4 Å². The van der Waals surface area contributed by atoms with Gasteiger partial charge >= 0.3 is 5.97 Å². The van der Waals surface area contributed by atoms with Crippen LogP contribution in [0.2, 0.25) is 0 Å². The topological polar surface area (TPSA) is 128 Å². The maximum atomic E-state index is 12.7. The molecule has 0 aromatic heterocycles. The van der Waals surface area contributed by atoms with Gasteiger partial charge in [-0.2, -0.15) is 0 Å². The number of hydrogen-bond donors (Lipinski definition) is 2. The molecule has 9 heteroatoms. The first-order valence-electron chi connectivity index (χ1n) is 9.38. The summed E-state index contributed by atoms with van der Waals surface area (Å²) in [6, 6.07) is 9.72. The number of non-ortho nitro benzene ring substituents is 1. The van der Waals surface area contributed by atoms with Crippen LogP contribution in [0, 0.1) is 16.0 Å². The van der Waals surface area contributed by atoms with Gasteiger partial charge in [-0.15, -0.1) is 0 Å². The van der Waals surface area contributed by atoms with E-state index in [1.165, 1.54) is 6.07 Å². The first-order valence-corrected chi connectivity index (χ1v) is 9.38. The van der Waals surface area contributed by atoms with Crippen molar-refractivity contribution in [1.82, 2.24) is 5.32 Å². The molecule has 2 N–H and O–H groups in total. The van der Waals surface area contributed by atoms with Gasteiger partial charge in [-0.1, -0.05) is 26.0 Å². The van der Waals surface area contributed by atoms with Crippen LogP contribution >= 0.6 is 0 Å². The van der Waals surface area contributed by atoms with Gasteiger partial charge in [-0.05, 0) is 31.0 Å². The molecule has 158 valence electrons. The standard InChI is InChI=1S/C21H23N3O6/c1-4-30-21(27)15-9-14(10-16(11-15)24(28)29)19(25)23-18-8-6-5-7-17(18)20(26)22-12-13(2)3/h5-11,13H,4,12H2,1-3H3,(H,22,26)(H,23,25). The third-order valence-corrected chi connectivity index (χ3v) is 3.99. The number of benzene rings is 2. The molecule has 2 rings (SSSR count). The van der Waals surface area contributed by atoms with E-state index in [0.29, 0.717) is 6.54 Å². The molecule has 0 saturated carbocycles. The zero-order chi connectivity index (χ0) is 22.3. The summed E-state index contributed by atoms with van der Waals surface area (Å²) >= 11 is 0. The van der Waals surface area contributed by atoms with E-state index < -0.39 is 22.5 Å². The molecule has 2 aromatic rings. The normalized spacial score (nSPS) is 10.4. The first-order chi connectivity index (χ1) is 14.2. The minimum Gasteiger partial charge on any atom is -0.462 e.